The molecule has 2 saturated heterocycles. The van der Waals surface area contributed by atoms with Gasteiger partial charge in [0.1, 0.15) is 0 Å². The van der Waals surface area contributed by atoms with E-state index < -0.39 is 11.7 Å². The van der Waals surface area contributed by atoms with Gasteiger partial charge in [0, 0.05) is 32.7 Å². The Balaban J connectivity index is 1.30. The summed E-state index contributed by atoms with van der Waals surface area (Å²) in [5, 5.41) is 0. The molecule has 3 fully saturated rings. The first-order valence-corrected chi connectivity index (χ1v) is 10.3. The van der Waals surface area contributed by atoms with E-state index in [4.69, 9.17) is 0 Å². The third-order valence-electron chi connectivity index (χ3n) is 6.40. The summed E-state index contributed by atoms with van der Waals surface area (Å²) < 4.78 is 38.7. The summed E-state index contributed by atoms with van der Waals surface area (Å²) in [5.74, 6) is -0.297. The van der Waals surface area contributed by atoms with E-state index in [1.165, 1.54) is 17.0 Å². The lowest BCUT2D eigenvalue weighted by molar-refractivity contribution is -0.143. The van der Waals surface area contributed by atoms with E-state index in [2.05, 4.69) is 9.80 Å². The number of benzene rings is 1. The van der Waals surface area contributed by atoms with Gasteiger partial charge in [-0.25, -0.2) is 0 Å². The molecule has 158 valence electrons. The molecule has 0 radical (unpaired) electrons. The molecule has 0 unspecified atom stereocenters. The Hall–Kier alpha value is -1.93. The first kappa shape index (κ1) is 20.3. The number of likely N-dealkylation sites (tertiary alicyclic amines) is 1. The minimum atomic E-state index is -4.33. The Morgan fingerprint density at radius 2 is 1.48 bits per heavy atom. The highest BCUT2D eigenvalue weighted by Crippen LogP contribution is 2.38. The largest absolute Gasteiger partial charge is 0.416 e. The van der Waals surface area contributed by atoms with Crippen LogP contribution in [0.1, 0.15) is 36.8 Å². The highest BCUT2D eigenvalue weighted by molar-refractivity contribution is 6.05. The second-order valence-electron chi connectivity index (χ2n) is 8.34. The number of imide groups is 1. The SMILES string of the molecule is O=C1[C@H]2CCCC[C@@H]2C(=O)N1CN1CCN(Cc2cccc(C(F)(F)F)c2)CC1. The second-order valence-corrected chi connectivity index (χ2v) is 8.34. The van der Waals surface area contributed by atoms with Crippen molar-refractivity contribution >= 4 is 11.8 Å². The van der Waals surface area contributed by atoms with Crippen LogP contribution in [0, 0.1) is 11.8 Å². The maximum atomic E-state index is 12.9. The molecular weight excluding hydrogens is 383 g/mol. The first-order valence-electron chi connectivity index (χ1n) is 10.3. The summed E-state index contributed by atoms with van der Waals surface area (Å²) in [6.07, 6.45) is -0.668. The Labute approximate surface area is 168 Å². The molecule has 29 heavy (non-hydrogen) atoms. The lowest BCUT2D eigenvalue weighted by Gasteiger charge is -2.36. The summed E-state index contributed by atoms with van der Waals surface area (Å²) in [4.78, 5) is 30.9. The van der Waals surface area contributed by atoms with Crippen LogP contribution in [0.2, 0.25) is 0 Å². The van der Waals surface area contributed by atoms with Crippen LogP contribution in [0.5, 0.6) is 0 Å². The molecule has 3 aliphatic rings. The van der Waals surface area contributed by atoms with E-state index >= 15 is 0 Å². The second kappa shape index (κ2) is 8.07. The molecule has 0 bridgehead atoms. The number of alkyl halides is 3. The topological polar surface area (TPSA) is 43.9 Å². The molecule has 0 aromatic heterocycles. The maximum Gasteiger partial charge on any atom is 0.416 e. The highest BCUT2D eigenvalue weighted by atomic mass is 19.4. The van der Waals surface area contributed by atoms with Crippen molar-refractivity contribution in [3.05, 3.63) is 35.4 Å². The molecule has 0 N–H and O–H groups in total. The van der Waals surface area contributed by atoms with Gasteiger partial charge in [-0.15, -0.1) is 0 Å². The van der Waals surface area contributed by atoms with Gasteiger partial charge in [-0.3, -0.25) is 24.3 Å². The van der Waals surface area contributed by atoms with Crippen LogP contribution in [-0.2, 0) is 22.3 Å². The maximum absolute atomic E-state index is 12.9. The lowest BCUT2D eigenvalue weighted by atomic mass is 9.81. The van der Waals surface area contributed by atoms with Crippen molar-refractivity contribution in [3.8, 4) is 0 Å². The third-order valence-corrected chi connectivity index (χ3v) is 6.40. The fraction of sp³-hybridized carbons (Fsp3) is 0.619. The van der Waals surface area contributed by atoms with E-state index in [-0.39, 0.29) is 23.7 Å². The fourth-order valence-electron chi connectivity index (χ4n) is 4.76. The molecule has 1 aliphatic carbocycles. The normalized spacial score (nSPS) is 26.8. The molecule has 1 saturated carbocycles. The zero-order valence-electron chi connectivity index (χ0n) is 16.3. The van der Waals surface area contributed by atoms with Crippen molar-refractivity contribution in [2.75, 3.05) is 32.8 Å². The van der Waals surface area contributed by atoms with Crippen molar-refractivity contribution in [1.29, 1.82) is 0 Å². The van der Waals surface area contributed by atoms with Gasteiger partial charge in [-0.2, -0.15) is 13.2 Å². The van der Waals surface area contributed by atoms with Gasteiger partial charge in [-0.1, -0.05) is 31.0 Å². The summed E-state index contributed by atoms with van der Waals surface area (Å²) in [6.45, 7) is 3.56. The van der Waals surface area contributed by atoms with Crippen molar-refractivity contribution < 1.29 is 22.8 Å². The van der Waals surface area contributed by atoms with Gasteiger partial charge in [0.15, 0.2) is 0 Å². The summed E-state index contributed by atoms with van der Waals surface area (Å²) in [6, 6.07) is 5.45. The first-order chi connectivity index (χ1) is 13.8. The molecule has 4 rings (SSSR count). The van der Waals surface area contributed by atoms with Crippen molar-refractivity contribution in [3.63, 3.8) is 0 Å². The standard InChI is InChI=1S/C21H26F3N3O2/c22-21(23,24)16-5-3-4-15(12-16)13-25-8-10-26(11-9-25)14-27-19(28)17-6-1-2-7-18(17)20(27)29/h3-5,12,17-18H,1-2,6-11,13-14H2/t17-,18-/m0/s1. The molecule has 2 heterocycles. The van der Waals surface area contributed by atoms with Gasteiger partial charge in [-0.05, 0) is 24.5 Å². The van der Waals surface area contributed by atoms with E-state index in [1.807, 2.05) is 0 Å². The van der Waals surface area contributed by atoms with Crippen LogP contribution in [0.4, 0.5) is 13.2 Å². The number of fused-ring (bicyclic) bond motifs is 1. The smallest absolute Gasteiger partial charge is 0.297 e. The van der Waals surface area contributed by atoms with E-state index in [0.717, 1.165) is 31.7 Å². The Bertz CT molecular complexity index is 751. The van der Waals surface area contributed by atoms with Crippen LogP contribution < -0.4 is 0 Å². The lowest BCUT2D eigenvalue weighted by Crippen LogP contribution is -2.51. The number of rotatable bonds is 4. The van der Waals surface area contributed by atoms with Crippen LogP contribution in [-0.4, -0.2) is 59.4 Å². The van der Waals surface area contributed by atoms with Crippen LogP contribution >= 0.6 is 0 Å². The molecule has 2 aliphatic heterocycles. The Morgan fingerprint density at radius 1 is 0.897 bits per heavy atom. The number of carbonyl (C=O) groups is 2. The monoisotopic (exact) mass is 409 g/mol. The number of nitrogens with zero attached hydrogens (tertiary/aromatic N) is 3. The Kier molecular flexibility index (Phi) is 5.66. The van der Waals surface area contributed by atoms with Crippen LogP contribution in [0.3, 0.4) is 0 Å². The number of amides is 2. The molecule has 1 aromatic rings. The van der Waals surface area contributed by atoms with Gasteiger partial charge in [0.05, 0.1) is 24.1 Å². The fourth-order valence-corrected chi connectivity index (χ4v) is 4.76. The van der Waals surface area contributed by atoms with Gasteiger partial charge in [0.2, 0.25) is 11.8 Å². The number of halogens is 3. The zero-order chi connectivity index (χ0) is 20.6. The van der Waals surface area contributed by atoms with Crippen molar-refractivity contribution in [2.24, 2.45) is 11.8 Å². The average Bonchev–Trinajstić information content (AvgIpc) is 2.94. The number of hydrogen-bond donors (Lipinski definition) is 0. The van der Waals surface area contributed by atoms with E-state index in [0.29, 0.717) is 45.0 Å². The number of piperazine rings is 1. The molecule has 5 nitrogen and oxygen atoms in total. The minimum Gasteiger partial charge on any atom is -0.297 e. The van der Waals surface area contributed by atoms with E-state index in [1.54, 1.807) is 6.07 Å². The molecule has 8 heteroatoms. The van der Waals surface area contributed by atoms with Crippen LogP contribution in [0.25, 0.3) is 0 Å². The molecule has 1 aromatic carbocycles. The van der Waals surface area contributed by atoms with Crippen molar-refractivity contribution in [2.45, 2.75) is 38.4 Å². The van der Waals surface area contributed by atoms with Crippen LogP contribution in [0.15, 0.2) is 24.3 Å². The van der Waals surface area contributed by atoms with Gasteiger partial charge < -0.3 is 0 Å². The predicted octanol–water partition coefficient (Wildman–Crippen LogP) is 2.96. The Morgan fingerprint density at radius 3 is 2.07 bits per heavy atom. The summed E-state index contributed by atoms with van der Waals surface area (Å²) in [7, 11) is 0. The highest BCUT2D eigenvalue weighted by Gasteiger charge is 2.48. The van der Waals surface area contributed by atoms with Crippen molar-refractivity contribution in [1.82, 2.24) is 14.7 Å². The van der Waals surface area contributed by atoms with E-state index in [9.17, 15) is 22.8 Å². The van der Waals surface area contributed by atoms with Gasteiger partial charge in [0.25, 0.3) is 0 Å². The summed E-state index contributed by atoms with van der Waals surface area (Å²) in [5.41, 5.74) is 0.0170. The summed E-state index contributed by atoms with van der Waals surface area (Å²) >= 11 is 0. The molecule has 0 spiro atoms. The molecular formula is C21H26F3N3O2. The number of hydrogen-bond acceptors (Lipinski definition) is 4. The molecule has 2 amide bonds. The minimum absolute atomic E-state index is 0.0221. The number of carbonyl (C=O) groups excluding carboxylic acids is 2. The quantitative estimate of drug-likeness (QED) is 0.718. The predicted molar refractivity (Wildman–Crippen MR) is 100 cm³/mol. The average molecular weight is 409 g/mol. The third kappa shape index (κ3) is 4.33. The van der Waals surface area contributed by atoms with Gasteiger partial charge >= 0.3 is 6.18 Å². The molecule has 2 atom stereocenters. The zero-order valence-corrected chi connectivity index (χ0v) is 16.3.